The molecule has 0 radical (unpaired) electrons. The van der Waals surface area contributed by atoms with Crippen LogP contribution in [0.4, 0.5) is 11.4 Å². The summed E-state index contributed by atoms with van der Waals surface area (Å²) < 4.78 is 10.8. The quantitative estimate of drug-likeness (QED) is 0.375. The Morgan fingerprint density at radius 1 is 1.03 bits per heavy atom. The molecule has 0 saturated carbocycles. The maximum absolute atomic E-state index is 13.6. The number of carbonyl (C=O) groups is 1. The number of amides is 1. The zero-order valence-corrected chi connectivity index (χ0v) is 21.4. The van der Waals surface area contributed by atoms with Crippen molar-refractivity contribution in [1.82, 2.24) is 10.2 Å². The molecule has 1 fully saturated rings. The maximum atomic E-state index is 13.6. The third-order valence-electron chi connectivity index (χ3n) is 7.55. The highest BCUT2D eigenvalue weighted by molar-refractivity contribution is 6.30. The van der Waals surface area contributed by atoms with Gasteiger partial charge in [-0.05, 0) is 53.4 Å². The summed E-state index contributed by atoms with van der Waals surface area (Å²) in [5.41, 5.74) is 3.94. The number of nitrogens with zero attached hydrogens (tertiary/aromatic N) is 3. The Labute approximate surface area is 225 Å². The van der Waals surface area contributed by atoms with E-state index in [1.165, 1.54) is 5.56 Å². The van der Waals surface area contributed by atoms with Gasteiger partial charge < -0.3 is 19.7 Å². The van der Waals surface area contributed by atoms with E-state index in [2.05, 4.69) is 15.1 Å². The van der Waals surface area contributed by atoms with Gasteiger partial charge in [0, 0.05) is 55.6 Å². The largest absolute Gasteiger partial charge is 0.454 e. The first-order valence-electron chi connectivity index (χ1n) is 12.6. The minimum Gasteiger partial charge on any atom is -0.454 e. The van der Waals surface area contributed by atoms with E-state index in [1.807, 2.05) is 48.5 Å². The number of fused-ring (bicyclic) bond motifs is 4. The Morgan fingerprint density at radius 3 is 2.63 bits per heavy atom. The average Bonchev–Trinajstić information content (AvgIpc) is 3.40. The van der Waals surface area contributed by atoms with Gasteiger partial charge in [-0.3, -0.25) is 19.8 Å². The minimum atomic E-state index is -0.384. The van der Waals surface area contributed by atoms with Crippen LogP contribution in [-0.2, 0) is 24.3 Å². The van der Waals surface area contributed by atoms with Crippen LogP contribution in [0.15, 0.2) is 60.7 Å². The molecular formula is C28H27ClN4O5. The molecule has 196 valence electrons. The second kappa shape index (κ2) is 10.2. The lowest BCUT2D eigenvalue weighted by Gasteiger charge is -2.49. The highest BCUT2D eigenvalue weighted by Gasteiger charge is 2.42. The van der Waals surface area contributed by atoms with Crippen LogP contribution < -0.4 is 19.7 Å². The van der Waals surface area contributed by atoms with E-state index >= 15 is 0 Å². The molecule has 0 bridgehead atoms. The van der Waals surface area contributed by atoms with E-state index in [9.17, 15) is 14.9 Å². The molecule has 1 saturated heterocycles. The Hall–Kier alpha value is -3.82. The first kappa shape index (κ1) is 24.5. The molecule has 3 aliphatic rings. The summed E-state index contributed by atoms with van der Waals surface area (Å²) >= 11 is 6.06. The molecule has 1 amide bonds. The molecule has 0 aliphatic carbocycles. The molecule has 3 heterocycles. The Morgan fingerprint density at radius 2 is 1.82 bits per heavy atom. The van der Waals surface area contributed by atoms with E-state index in [0.717, 1.165) is 36.4 Å². The van der Waals surface area contributed by atoms with Gasteiger partial charge in [-0.15, -0.1) is 0 Å². The molecule has 10 heteroatoms. The number of carbonyl (C=O) groups excluding carboxylic acids is 1. The van der Waals surface area contributed by atoms with Crippen molar-refractivity contribution < 1.29 is 19.2 Å². The number of nitrogens with one attached hydrogen (secondary N) is 1. The van der Waals surface area contributed by atoms with Crippen molar-refractivity contribution in [3.63, 3.8) is 0 Å². The molecule has 1 N–H and O–H groups in total. The fraction of sp³-hybridized carbons (Fsp3) is 0.321. The smallest absolute Gasteiger partial charge is 0.269 e. The topological polar surface area (TPSA) is 97.2 Å². The second-order valence-corrected chi connectivity index (χ2v) is 10.3. The summed E-state index contributed by atoms with van der Waals surface area (Å²) in [5.74, 6) is 0.950. The van der Waals surface area contributed by atoms with Gasteiger partial charge in [0.1, 0.15) is 0 Å². The van der Waals surface area contributed by atoms with E-state index < -0.39 is 0 Å². The number of anilines is 1. The molecule has 2 atom stereocenters. The monoisotopic (exact) mass is 534 g/mol. The van der Waals surface area contributed by atoms with Gasteiger partial charge in [0.05, 0.1) is 16.9 Å². The first-order valence-corrected chi connectivity index (χ1v) is 13.0. The Bertz CT molecular complexity index is 1380. The standard InChI is InChI=1S/C28H27ClN4O5/c29-21-4-1-18(2-5-21)15-31-9-10-32-24-7-6-22(33(35)36)12-20(24)13-23(25(32)16-31)28(34)30-14-19-3-8-26-27(11-19)38-17-37-26/h1-8,11-12,23,25H,9-10,13-17H2,(H,30,34). The molecule has 3 aromatic rings. The van der Waals surface area contributed by atoms with E-state index in [-0.39, 0.29) is 35.3 Å². The van der Waals surface area contributed by atoms with Crippen LogP contribution in [0, 0.1) is 16.0 Å². The number of hydrogen-bond acceptors (Lipinski definition) is 7. The number of ether oxygens (including phenoxy) is 2. The lowest BCUT2D eigenvalue weighted by molar-refractivity contribution is -0.384. The number of nitro benzene ring substituents is 1. The number of piperazine rings is 1. The third kappa shape index (κ3) is 4.87. The highest BCUT2D eigenvalue weighted by atomic mass is 35.5. The second-order valence-electron chi connectivity index (χ2n) is 9.91. The third-order valence-corrected chi connectivity index (χ3v) is 7.80. The zero-order valence-electron chi connectivity index (χ0n) is 20.6. The summed E-state index contributed by atoms with van der Waals surface area (Å²) in [7, 11) is 0. The zero-order chi connectivity index (χ0) is 26.2. The van der Waals surface area contributed by atoms with Crippen molar-refractivity contribution in [3.05, 3.63) is 92.5 Å². The molecule has 9 nitrogen and oxygen atoms in total. The van der Waals surface area contributed by atoms with Crippen molar-refractivity contribution in [3.8, 4) is 11.5 Å². The van der Waals surface area contributed by atoms with Crippen molar-refractivity contribution in [2.24, 2.45) is 5.92 Å². The van der Waals surface area contributed by atoms with E-state index in [1.54, 1.807) is 12.1 Å². The molecular weight excluding hydrogens is 508 g/mol. The van der Waals surface area contributed by atoms with Gasteiger partial charge in [0.25, 0.3) is 5.69 Å². The van der Waals surface area contributed by atoms with Crippen LogP contribution in [0.2, 0.25) is 5.02 Å². The normalized spacial score (nSPS) is 20.0. The van der Waals surface area contributed by atoms with E-state index in [4.69, 9.17) is 21.1 Å². The molecule has 2 unspecified atom stereocenters. The summed E-state index contributed by atoms with van der Waals surface area (Å²) in [6.45, 7) is 3.58. The van der Waals surface area contributed by atoms with Gasteiger partial charge >= 0.3 is 0 Å². The highest BCUT2D eigenvalue weighted by Crippen LogP contribution is 2.38. The van der Waals surface area contributed by atoms with Gasteiger partial charge in [0.15, 0.2) is 11.5 Å². The Balaban J connectivity index is 1.23. The van der Waals surface area contributed by atoms with Crippen molar-refractivity contribution in [2.45, 2.75) is 25.6 Å². The van der Waals surface area contributed by atoms with Gasteiger partial charge in [-0.25, -0.2) is 0 Å². The maximum Gasteiger partial charge on any atom is 0.269 e. The average molecular weight is 535 g/mol. The number of non-ortho nitro benzene ring substituents is 1. The van der Waals surface area contributed by atoms with Crippen molar-refractivity contribution in [1.29, 1.82) is 0 Å². The number of rotatable bonds is 6. The summed E-state index contributed by atoms with van der Waals surface area (Å²) in [5, 5.41) is 15.2. The number of nitro groups is 1. The first-order chi connectivity index (χ1) is 18.4. The van der Waals surface area contributed by atoms with Crippen molar-refractivity contribution in [2.75, 3.05) is 31.3 Å². The van der Waals surface area contributed by atoms with Crippen LogP contribution in [0.25, 0.3) is 0 Å². The summed E-state index contributed by atoms with van der Waals surface area (Å²) in [4.78, 5) is 29.3. The number of halogens is 1. The summed E-state index contributed by atoms with van der Waals surface area (Å²) in [6.07, 6.45) is 0.444. The molecule has 0 aromatic heterocycles. The number of hydrogen-bond donors (Lipinski definition) is 1. The fourth-order valence-electron chi connectivity index (χ4n) is 5.65. The van der Waals surface area contributed by atoms with Crippen LogP contribution in [0.5, 0.6) is 11.5 Å². The lowest BCUT2D eigenvalue weighted by Crippen LogP contribution is -2.60. The molecule has 6 rings (SSSR count). The van der Waals surface area contributed by atoms with Gasteiger partial charge in [-0.2, -0.15) is 0 Å². The SMILES string of the molecule is O=C(NCc1ccc2c(c1)OCO2)C1Cc2cc([N+](=O)[O-])ccc2N2CCN(Cc3ccc(Cl)cc3)CC12. The predicted octanol–water partition coefficient (Wildman–Crippen LogP) is 4.16. The number of benzene rings is 3. The van der Waals surface area contributed by atoms with Crippen LogP contribution >= 0.6 is 11.6 Å². The Kier molecular flexibility index (Phi) is 6.55. The molecule has 3 aromatic carbocycles. The molecule has 0 spiro atoms. The summed E-state index contributed by atoms with van der Waals surface area (Å²) in [6, 6.07) is 18.4. The fourth-order valence-corrected chi connectivity index (χ4v) is 5.77. The van der Waals surface area contributed by atoms with Gasteiger partial charge in [-0.1, -0.05) is 29.8 Å². The van der Waals surface area contributed by atoms with E-state index in [0.29, 0.717) is 36.0 Å². The van der Waals surface area contributed by atoms with Crippen LogP contribution in [0.3, 0.4) is 0 Å². The molecule has 38 heavy (non-hydrogen) atoms. The van der Waals surface area contributed by atoms with Crippen molar-refractivity contribution >= 4 is 28.9 Å². The van der Waals surface area contributed by atoms with Crippen LogP contribution in [0.1, 0.15) is 16.7 Å². The van der Waals surface area contributed by atoms with Crippen LogP contribution in [-0.4, -0.2) is 48.2 Å². The molecule has 3 aliphatic heterocycles. The minimum absolute atomic E-state index is 0.0445. The van der Waals surface area contributed by atoms with Gasteiger partial charge in [0.2, 0.25) is 12.7 Å². The lowest BCUT2D eigenvalue weighted by atomic mass is 9.83. The predicted molar refractivity (Wildman–Crippen MR) is 143 cm³/mol.